The Morgan fingerprint density at radius 3 is 1.89 bits per heavy atom. The van der Waals surface area contributed by atoms with Crippen molar-refractivity contribution in [2.75, 3.05) is 6.61 Å². The number of rotatable bonds is 21. The van der Waals surface area contributed by atoms with Gasteiger partial charge in [0.15, 0.2) is 0 Å². The fraction of sp³-hybridized carbons (Fsp3) is 0.450. The third-order valence-electron chi connectivity index (χ3n) is 7.77. The molecule has 0 aliphatic carbocycles. The van der Waals surface area contributed by atoms with Gasteiger partial charge < -0.3 is 14.2 Å². The number of allylic oxidation sites excluding steroid dienone is 1. The number of unbranched alkanes of at least 4 members (excludes halogenated alkanes) is 10. The van der Waals surface area contributed by atoms with E-state index >= 15 is 0 Å². The van der Waals surface area contributed by atoms with Crippen LogP contribution in [0.25, 0.3) is 11.1 Å². The van der Waals surface area contributed by atoms with Crippen LogP contribution >= 0.6 is 0 Å². The summed E-state index contributed by atoms with van der Waals surface area (Å²) >= 11 is 0. The maximum absolute atomic E-state index is 12.8. The first-order chi connectivity index (χ1) is 22.6. The molecule has 5 nitrogen and oxygen atoms in total. The summed E-state index contributed by atoms with van der Waals surface area (Å²) in [5, 5.41) is 0. The van der Waals surface area contributed by atoms with Gasteiger partial charge in [-0.05, 0) is 106 Å². The van der Waals surface area contributed by atoms with Crippen molar-refractivity contribution < 1.29 is 26.5 Å². The van der Waals surface area contributed by atoms with E-state index in [4.69, 9.17) is 17.0 Å². The first kappa shape index (κ1) is 32.5. The Hall–Kier alpha value is -3.86. The molecule has 5 heteroatoms. The van der Waals surface area contributed by atoms with Gasteiger partial charge in [0.25, 0.3) is 0 Å². The second kappa shape index (κ2) is 19.5. The van der Waals surface area contributed by atoms with Gasteiger partial charge in [0.1, 0.15) is 17.1 Å². The van der Waals surface area contributed by atoms with Crippen molar-refractivity contribution in [3.05, 3.63) is 96.5 Å². The van der Waals surface area contributed by atoms with Crippen LogP contribution in [0.5, 0.6) is 11.5 Å². The number of hydrogen-bond donors (Lipinski definition) is 0. The molecule has 242 valence electrons. The standard InChI is InChI=1S/C40H52O5/c1-5-7-9-11-12-13-14-15-17-31-43-36-26-24-34(25-27-36)38(41)44-37-28-22-33(23-29-37)32-18-20-35(21-19-32)39(42)45-40(3,4)30-16-10-8-6-2/h5,18-29H,1,6-17,30-31H2,2-4H3/i26D,27D. The summed E-state index contributed by atoms with van der Waals surface area (Å²) in [5.41, 5.74) is 1.92. The lowest BCUT2D eigenvalue weighted by Crippen LogP contribution is -2.28. The maximum atomic E-state index is 12.8. The molecule has 0 atom stereocenters. The van der Waals surface area contributed by atoms with Crippen LogP contribution in [0.15, 0.2) is 85.4 Å². The van der Waals surface area contributed by atoms with Gasteiger partial charge in [-0.2, -0.15) is 0 Å². The first-order valence-corrected chi connectivity index (χ1v) is 16.6. The predicted octanol–water partition coefficient (Wildman–Crippen LogP) is 11.2. The highest BCUT2D eigenvalue weighted by Crippen LogP contribution is 2.26. The minimum atomic E-state index is -0.643. The molecule has 0 aliphatic heterocycles. The van der Waals surface area contributed by atoms with E-state index in [0.717, 1.165) is 56.1 Å². The molecule has 45 heavy (non-hydrogen) atoms. The molecule has 0 amide bonds. The van der Waals surface area contributed by atoms with Crippen molar-refractivity contribution in [2.24, 2.45) is 0 Å². The molecular weight excluding hydrogens is 560 g/mol. The predicted molar refractivity (Wildman–Crippen MR) is 184 cm³/mol. The van der Waals surface area contributed by atoms with E-state index in [9.17, 15) is 9.59 Å². The van der Waals surface area contributed by atoms with E-state index in [1.165, 1.54) is 50.7 Å². The van der Waals surface area contributed by atoms with Crippen molar-refractivity contribution in [2.45, 2.75) is 110 Å². The maximum Gasteiger partial charge on any atom is 0.343 e. The van der Waals surface area contributed by atoms with Crippen LogP contribution in [0.3, 0.4) is 0 Å². The van der Waals surface area contributed by atoms with E-state index in [1.807, 2.05) is 44.2 Å². The lowest BCUT2D eigenvalue weighted by Gasteiger charge is -2.25. The van der Waals surface area contributed by atoms with Crippen LogP contribution < -0.4 is 9.47 Å². The number of benzene rings is 3. The Kier molecular flexibility index (Phi) is 14.1. The molecule has 3 rings (SSSR count). The van der Waals surface area contributed by atoms with Crippen LogP contribution in [0, 0.1) is 0 Å². The molecule has 0 aromatic heterocycles. The van der Waals surface area contributed by atoms with E-state index < -0.39 is 11.6 Å². The summed E-state index contributed by atoms with van der Waals surface area (Å²) in [7, 11) is 0. The molecule has 0 aliphatic rings. The van der Waals surface area contributed by atoms with Crippen LogP contribution in [0.4, 0.5) is 0 Å². The molecule has 0 fully saturated rings. The van der Waals surface area contributed by atoms with Crippen LogP contribution in [-0.4, -0.2) is 24.1 Å². The topological polar surface area (TPSA) is 61.8 Å². The zero-order chi connectivity index (χ0) is 34.1. The lowest BCUT2D eigenvalue weighted by atomic mass is 9.99. The van der Waals surface area contributed by atoms with Crippen LogP contribution in [0.2, 0.25) is 0 Å². The smallest absolute Gasteiger partial charge is 0.343 e. The minimum absolute atomic E-state index is 0.00937. The molecule has 3 aromatic carbocycles. The van der Waals surface area contributed by atoms with E-state index in [1.54, 1.807) is 24.3 Å². The number of esters is 2. The Morgan fingerprint density at radius 2 is 1.27 bits per heavy atom. The Balaban J connectivity index is 1.48. The zero-order valence-electron chi connectivity index (χ0n) is 29.5. The molecule has 0 radical (unpaired) electrons. The molecular formula is C40H52O5. The van der Waals surface area contributed by atoms with E-state index in [2.05, 4.69) is 13.5 Å². The largest absolute Gasteiger partial charge is 0.494 e. The lowest BCUT2D eigenvalue weighted by molar-refractivity contribution is -0.00551. The van der Waals surface area contributed by atoms with Gasteiger partial charge in [0, 0.05) is 0 Å². The molecule has 0 saturated heterocycles. The highest BCUT2D eigenvalue weighted by atomic mass is 16.6. The van der Waals surface area contributed by atoms with E-state index in [0.29, 0.717) is 17.9 Å². The van der Waals surface area contributed by atoms with Gasteiger partial charge in [-0.3, -0.25) is 0 Å². The third kappa shape index (κ3) is 13.3. The van der Waals surface area contributed by atoms with Gasteiger partial charge >= 0.3 is 11.9 Å². The van der Waals surface area contributed by atoms with Gasteiger partial charge in [-0.25, -0.2) is 9.59 Å². The third-order valence-corrected chi connectivity index (χ3v) is 7.77. The quantitative estimate of drug-likeness (QED) is 0.0517. The Bertz CT molecular complexity index is 1390. The number of carbonyl (C=O) groups excluding carboxylic acids is 2. The summed E-state index contributed by atoms with van der Waals surface area (Å²) in [4.78, 5) is 25.6. The molecule has 3 aromatic rings. The average molecular weight is 615 g/mol. The van der Waals surface area contributed by atoms with Crippen LogP contribution in [-0.2, 0) is 4.74 Å². The number of ether oxygens (including phenoxy) is 3. The molecule has 0 spiro atoms. The fourth-order valence-electron chi connectivity index (χ4n) is 5.04. The Labute approximate surface area is 273 Å². The summed E-state index contributed by atoms with van der Waals surface area (Å²) in [6.45, 7) is 10.3. The minimum Gasteiger partial charge on any atom is -0.494 e. The fourth-order valence-corrected chi connectivity index (χ4v) is 5.04. The van der Waals surface area contributed by atoms with Crippen molar-refractivity contribution in [1.82, 2.24) is 0 Å². The molecule has 0 heterocycles. The average Bonchev–Trinajstić information content (AvgIpc) is 3.05. The summed E-state index contributed by atoms with van der Waals surface area (Å²) in [6.07, 6.45) is 16.3. The highest BCUT2D eigenvalue weighted by Gasteiger charge is 2.23. The monoisotopic (exact) mass is 614 g/mol. The zero-order valence-corrected chi connectivity index (χ0v) is 27.5. The van der Waals surface area contributed by atoms with Crippen molar-refractivity contribution >= 4 is 11.9 Å². The summed E-state index contributed by atoms with van der Waals surface area (Å²) in [6, 6.07) is 17.1. The van der Waals surface area contributed by atoms with Crippen LogP contribution in [0.1, 0.15) is 128 Å². The van der Waals surface area contributed by atoms with Gasteiger partial charge in [0.2, 0.25) is 0 Å². The summed E-state index contributed by atoms with van der Waals surface area (Å²) in [5.74, 6) is -0.447. The van der Waals surface area contributed by atoms with Gasteiger partial charge in [-0.15, -0.1) is 6.58 Å². The van der Waals surface area contributed by atoms with Crippen molar-refractivity contribution in [1.29, 1.82) is 0 Å². The summed E-state index contributed by atoms with van der Waals surface area (Å²) < 4.78 is 33.7. The normalized spacial score (nSPS) is 11.8. The molecule has 0 bridgehead atoms. The van der Waals surface area contributed by atoms with Crippen molar-refractivity contribution in [3.8, 4) is 22.6 Å². The second-order valence-corrected chi connectivity index (χ2v) is 12.2. The van der Waals surface area contributed by atoms with Gasteiger partial charge in [-0.1, -0.05) is 88.6 Å². The molecule has 0 unspecified atom stereocenters. The van der Waals surface area contributed by atoms with E-state index in [-0.39, 0.29) is 29.4 Å². The number of hydrogen-bond acceptors (Lipinski definition) is 5. The first-order valence-electron chi connectivity index (χ1n) is 17.6. The highest BCUT2D eigenvalue weighted by molar-refractivity contribution is 5.91. The Morgan fingerprint density at radius 1 is 0.711 bits per heavy atom. The SMILES string of the molecule is [2H]c1cc(C(=O)Oc2ccc(-c3ccc(C(=O)OC(C)(C)CCCCCC)cc3)cc2)cc([2H])c1OCCCCCCCCCC=C. The molecule has 0 saturated carbocycles. The second-order valence-electron chi connectivity index (χ2n) is 12.2. The van der Waals surface area contributed by atoms with Crippen molar-refractivity contribution in [3.63, 3.8) is 0 Å². The van der Waals surface area contributed by atoms with Gasteiger partial charge in [0.05, 0.1) is 20.5 Å². The number of carbonyl (C=O) groups is 2. The molecule has 0 N–H and O–H groups in total.